The van der Waals surface area contributed by atoms with Crippen molar-refractivity contribution >= 4 is 29.1 Å². The SMILES string of the molecule is Cl.NCC1CCN(C(=O)CCCOc2cccc3ccccc23)C1. The third-order valence-electron chi connectivity index (χ3n) is 4.51. The average molecular weight is 349 g/mol. The Kier molecular flexibility index (Phi) is 6.88. The average Bonchev–Trinajstić information content (AvgIpc) is 3.08. The van der Waals surface area contributed by atoms with Crippen LogP contribution < -0.4 is 10.5 Å². The van der Waals surface area contributed by atoms with Gasteiger partial charge in [-0.15, -0.1) is 12.4 Å². The van der Waals surface area contributed by atoms with Crippen LogP contribution in [0.2, 0.25) is 0 Å². The minimum Gasteiger partial charge on any atom is -0.493 e. The fourth-order valence-corrected chi connectivity index (χ4v) is 3.14. The Labute approximate surface area is 149 Å². The smallest absolute Gasteiger partial charge is 0.222 e. The molecule has 2 aromatic rings. The number of hydrogen-bond donors (Lipinski definition) is 1. The molecule has 1 fully saturated rings. The van der Waals surface area contributed by atoms with Crippen LogP contribution in [0.5, 0.6) is 5.75 Å². The van der Waals surface area contributed by atoms with E-state index < -0.39 is 0 Å². The maximum absolute atomic E-state index is 12.2. The summed E-state index contributed by atoms with van der Waals surface area (Å²) >= 11 is 0. The fourth-order valence-electron chi connectivity index (χ4n) is 3.14. The first-order valence-corrected chi connectivity index (χ1v) is 8.36. The molecule has 0 bridgehead atoms. The lowest BCUT2D eigenvalue weighted by Gasteiger charge is -2.16. The number of likely N-dealkylation sites (tertiary alicyclic amines) is 1. The molecule has 3 rings (SSSR count). The van der Waals surface area contributed by atoms with E-state index >= 15 is 0 Å². The van der Waals surface area contributed by atoms with Gasteiger partial charge < -0.3 is 15.4 Å². The van der Waals surface area contributed by atoms with Crippen molar-refractivity contribution in [3.05, 3.63) is 42.5 Å². The van der Waals surface area contributed by atoms with Gasteiger partial charge in [0.1, 0.15) is 5.75 Å². The van der Waals surface area contributed by atoms with Crippen molar-refractivity contribution in [1.82, 2.24) is 4.90 Å². The number of halogens is 1. The molecule has 4 nitrogen and oxygen atoms in total. The number of nitrogens with two attached hydrogens (primary N) is 1. The van der Waals surface area contributed by atoms with Gasteiger partial charge in [0.2, 0.25) is 5.91 Å². The van der Waals surface area contributed by atoms with Gasteiger partial charge in [0.05, 0.1) is 6.61 Å². The second kappa shape index (κ2) is 8.90. The molecule has 1 unspecified atom stereocenters. The van der Waals surface area contributed by atoms with Crippen LogP contribution in [0.1, 0.15) is 19.3 Å². The summed E-state index contributed by atoms with van der Waals surface area (Å²) in [7, 11) is 0. The molecule has 2 N–H and O–H groups in total. The lowest BCUT2D eigenvalue weighted by Crippen LogP contribution is -2.29. The van der Waals surface area contributed by atoms with E-state index in [0.29, 0.717) is 25.5 Å². The maximum Gasteiger partial charge on any atom is 0.222 e. The van der Waals surface area contributed by atoms with E-state index in [0.717, 1.165) is 37.1 Å². The molecule has 130 valence electrons. The Morgan fingerprint density at radius 2 is 2.00 bits per heavy atom. The number of carbonyl (C=O) groups excluding carboxylic acids is 1. The summed E-state index contributed by atoms with van der Waals surface area (Å²) in [5.41, 5.74) is 5.67. The van der Waals surface area contributed by atoms with E-state index in [-0.39, 0.29) is 18.3 Å². The molecular formula is C19H25ClN2O2. The molecule has 2 aromatic carbocycles. The number of hydrogen-bond acceptors (Lipinski definition) is 3. The van der Waals surface area contributed by atoms with Gasteiger partial charge in [-0.3, -0.25) is 4.79 Å². The van der Waals surface area contributed by atoms with Crippen molar-refractivity contribution < 1.29 is 9.53 Å². The quantitative estimate of drug-likeness (QED) is 0.815. The van der Waals surface area contributed by atoms with Crippen LogP contribution in [0.4, 0.5) is 0 Å². The van der Waals surface area contributed by atoms with E-state index in [1.165, 1.54) is 5.39 Å². The summed E-state index contributed by atoms with van der Waals surface area (Å²) < 4.78 is 5.88. The molecule has 1 atom stereocenters. The summed E-state index contributed by atoms with van der Waals surface area (Å²) in [6.07, 6.45) is 2.32. The van der Waals surface area contributed by atoms with Gasteiger partial charge in [-0.25, -0.2) is 0 Å². The van der Waals surface area contributed by atoms with Gasteiger partial charge in [-0.1, -0.05) is 36.4 Å². The molecule has 1 aliphatic rings. The lowest BCUT2D eigenvalue weighted by atomic mass is 10.1. The zero-order chi connectivity index (χ0) is 16.1. The topological polar surface area (TPSA) is 55.6 Å². The van der Waals surface area contributed by atoms with Crippen LogP contribution >= 0.6 is 12.4 Å². The lowest BCUT2D eigenvalue weighted by molar-refractivity contribution is -0.130. The highest BCUT2D eigenvalue weighted by atomic mass is 35.5. The van der Waals surface area contributed by atoms with Crippen molar-refractivity contribution in [3.8, 4) is 5.75 Å². The third-order valence-corrected chi connectivity index (χ3v) is 4.51. The van der Waals surface area contributed by atoms with Crippen LogP contribution in [0.15, 0.2) is 42.5 Å². The van der Waals surface area contributed by atoms with Crippen molar-refractivity contribution in [3.63, 3.8) is 0 Å². The zero-order valence-electron chi connectivity index (χ0n) is 13.8. The molecule has 0 aliphatic carbocycles. The Hall–Kier alpha value is -1.78. The van der Waals surface area contributed by atoms with Crippen LogP contribution in [0, 0.1) is 5.92 Å². The minimum atomic E-state index is 0. The fraction of sp³-hybridized carbons (Fsp3) is 0.421. The van der Waals surface area contributed by atoms with Crippen molar-refractivity contribution in [2.45, 2.75) is 19.3 Å². The number of carbonyl (C=O) groups is 1. The number of fused-ring (bicyclic) bond motifs is 1. The molecule has 1 heterocycles. The summed E-state index contributed by atoms with van der Waals surface area (Å²) in [5, 5.41) is 2.29. The second-order valence-corrected chi connectivity index (χ2v) is 6.16. The van der Waals surface area contributed by atoms with Crippen LogP contribution in [-0.4, -0.2) is 37.0 Å². The monoisotopic (exact) mass is 348 g/mol. The first kappa shape index (κ1) is 18.6. The van der Waals surface area contributed by atoms with Crippen LogP contribution in [-0.2, 0) is 4.79 Å². The van der Waals surface area contributed by atoms with Gasteiger partial charge in [0, 0.05) is 24.9 Å². The normalized spacial score (nSPS) is 16.9. The maximum atomic E-state index is 12.2. The van der Waals surface area contributed by atoms with Gasteiger partial charge in [0.15, 0.2) is 0 Å². The molecule has 0 radical (unpaired) electrons. The molecule has 0 saturated carbocycles. The molecule has 0 spiro atoms. The largest absolute Gasteiger partial charge is 0.493 e. The predicted molar refractivity (Wildman–Crippen MR) is 99.7 cm³/mol. The molecule has 1 saturated heterocycles. The summed E-state index contributed by atoms with van der Waals surface area (Å²) in [4.78, 5) is 14.1. The number of amides is 1. The highest BCUT2D eigenvalue weighted by Gasteiger charge is 2.24. The molecule has 24 heavy (non-hydrogen) atoms. The number of ether oxygens (including phenoxy) is 1. The van der Waals surface area contributed by atoms with Crippen LogP contribution in [0.3, 0.4) is 0 Å². The minimum absolute atomic E-state index is 0. The zero-order valence-corrected chi connectivity index (χ0v) is 14.6. The summed E-state index contributed by atoms with van der Waals surface area (Å²) in [6, 6.07) is 14.2. The Morgan fingerprint density at radius 1 is 1.21 bits per heavy atom. The Bertz CT molecular complexity index is 672. The van der Waals surface area contributed by atoms with E-state index in [1.807, 2.05) is 29.2 Å². The van der Waals surface area contributed by atoms with Gasteiger partial charge in [-0.05, 0) is 36.8 Å². The Balaban J connectivity index is 0.00000208. The van der Waals surface area contributed by atoms with E-state index in [2.05, 4.69) is 18.2 Å². The number of benzene rings is 2. The first-order valence-electron chi connectivity index (χ1n) is 8.36. The summed E-state index contributed by atoms with van der Waals surface area (Å²) in [5.74, 6) is 1.59. The van der Waals surface area contributed by atoms with Crippen LogP contribution in [0.25, 0.3) is 10.8 Å². The van der Waals surface area contributed by atoms with Gasteiger partial charge in [-0.2, -0.15) is 0 Å². The van der Waals surface area contributed by atoms with Crippen molar-refractivity contribution in [2.75, 3.05) is 26.2 Å². The van der Waals surface area contributed by atoms with Crippen molar-refractivity contribution in [2.24, 2.45) is 11.7 Å². The second-order valence-electron chi connectivity index (χ2n) is 6.16. The first-order chi connectivity index (χ1) is 11.3. The number of nitrogens with zero attached hydrogens (tertiary/aromatic N) is 1. The molecule has 5 heteroatoms. The van der Waals surface area contributed by atoms with E-state index in [4.69, 9.17) is 10.5 Å². The third kappa shape index (κ3) is 4.40. The predicted octanol–water partition coefficient (Wildman–Crippen LogP) is 3.23. The van der Waals surface area contributed by atoms with Gasteiger partial charge in [0.25, 0.3) is 0 Å². The Morgan fingerprint density at radius 3 is 2.79 bits per heavy atom. The standard InChI is InChI=1S/C19H24N2O2.ClH/c20-13-15-10-11-21(14-15)19(22)9-4-12-23-18-8-3-6-16-5-1-2-7-17(16)18;/h1-3,5-8,15H,4,9-14,20H2;1H. The summed E-state index contributed by atoms with van der Waals surface area (Å²) in [6.45, 7) is 2.91. The van der Waals surface area contributed by atoms with Crippen molar-refractivity contribution in [1.29, 1.82) is 0 Å². The van der Waals surface area contributed by atoms with E-state index in [1.54, 1.807) is 0 Å². The highest BCUT2D eigenvalue weighted by Crippen LogP contribution is 2.25. The van der Waals surface area contributed by atoms with Gasteiger partial charge >= 0.3 is 0 Å². The molecular weight excluding hydrogens is 324 g/mol. The number of rotatable bonds is 6. The highest BCUT2D eigenvalue weighted by molar-refractivity contribution is 5.88. The molecule has 0 aromatic heterocycles. The molecule has 1 amide bonds. The van der Waals surface area contributed by atoms with E-state index in [9.17, 15) is 4.79 Å². The molecule has 1 aliphatic heterocycles.